The lowest BCUT2D eigenvalue weighted by molar-refractivity contribution is -0.193. The zero-order valence-electron chi connectivity index (χ0n) is 20.5. The van der Waals surface area contributed by atoms with Gasteiger partial charge in [-0.15, -0.1) is 0 Å². The van der Waals surface area contributed by atoms with Gasteiger partial charge in [0.15, 0.2) is 11.4 Å². The molecule has 6 nitrogen and oxygen atoms in total. The van der Waals surface area contributed by atoms with E-state index in [0.29, 0.717) is 44.1 Å². The minimum absolute atomic E-state index is 0.000633. The molecule has 0 aromatic heterocycles. The summed E-state index contributed by atoms with van der Waals surface area (Å²) in [6.45, 7) is 7.62. The molecule has 0 aromatic carbocycles. The van der Waals surface area contributed by atoms with Gasteiger partial charge in [-0.2, -0.15) is 0 Å². The van der Waals surface area contributed by atoms with Gasteiger partial charge in [0.2, 0.25) is 0 Å². The largest absolute Gasteiger partial charge is 0.455 e. The van der Waals surface area contributed by atoms with Crippen molar-refractivity contribution in [1.82, 2.24) is 0 Å². The topological polar surface area (TPSA) is 89.9 Å². The maximum Gasteiger partial charge on any atom is 0.334 e. The van der Waals surface area contributed by atoms with Crippen LogP contribution < -0.4 is 0 Å². The monoisotopic (exact) mass is 466 g/mol. The number of allylic oxidation sites excluding steroid dienone is 4. The van der Waals surface area contributed by atoms with E-state index in [1.54, 1.807) is 13.0 Å². The Morgan fingerprint density at radius 3 is 2.56 bits per heavy atom. The van der Waals surface area contributed by atoms with E-state index in [9.17, 15) is 19.5 Å². The molecule has 2 heterocycles. The second kappa shape index (κ2) is 6.71. The molecule has 6 heteroatoms. The quantitative estimate of drug-likeness (QED) is 0.465. The summed E-state index contributed by atoms with van der Waals surface area (Å²) in [5.41, 5.74) is -1.12. The van der Waals surface area contributed by atoms with E-state index < -0.39 is 28.1 Å². The molecule has 2 aliphatic heterocycles. The molecular weight excluding hydrogens is 432 g/mol. The molecule has 0 unspecified atom stereocenters. The van der Waals surface area contributed by atoms with Crippen LogP contribution in [0.2, 0.25) is 0 Å². The lowest BCUT2D eigenvalue weighted by Gasteiger charge is -2.58. The third kappa shape index (κ3) is 2.34. The molecule has 0 radical (unpaired) electrons. The molecule has 0 aromatic rings. The molecule has 1 saturated heterocycles. The van der Waals surface area contributed by atoms with Gasteiger partial charge in [-0.25, -0.2) is 4.79 Å². The van der Waals surface area contributed by atoms with Crippen molar-refractivity contribution in [2.75, 3.05) is 0 Å². The van der Waals surface area contributed by atoms with Crippen molar-refractivity contribution in [3.63, 3.8) is 0 Å². The number of esters is 2. The minimum atomic E-state index is -1.23. The maximum absolute atomic E-state index is 13.8. The highest BCUT2D eigenvalue weighted by atomic mass is 16.6. The number of hydrogen-bond acceptors (Lipinski definition) is 6. The van der Waals surface area contributed by atoms with Crippen molar-refractivity contribution in [2.45, 2.75) is 89.9 Å². The summed E-state index contributed by atoms with van der Waals surface area (Å²) >= 11 is 0. The highest BCUT2D eigenvalue weighted by Crippen LogP contribution is 2.72. The van der Waals surface area contributed by atoms with Crippen molar-refractivity contribution in [1.29, 1.82) is 0 Å². The van der Waals surface area contributed by atoms with Crippen molar-refractivity contribution in [3.05, 3.63) is 34.9 Å². The van der Waals surface area contributed by atoms with E-state index >= 15 is 0 Å². The van der Waals surface area contributed by atoms with E-state index in [4.69, 9.17) is 9.47 Å². The molecule has 1 N–H and O–H groups in total. The van der Waals surface area contributed by atoms with E-state index in [1.807, 2.05) is 26.8 Å². The van der Waals surface area contributed by atoms with Crippen molar-refractivity contribution in [2.24, 2.45) is 28.6 Å². The molecule has 34 heavy (non-hydrogen) atoms. The van der Waals surface area contributed by atoms with Gasteiger partial charge < -0.3 is 14.6 Å². The lowest BCUT2D eigenvalue weighted by atomic mass is 9.45. The molecule has 182 valence electrons. The van der Waals surface area contributed by atoms with Crippen LogP contribution in [0, 0.1) is 28.6 Å². The zero-order chi connectivity index (χ0) is 24.3. The summed E-state index contributed by atoms with van der Waals surface area (Å²) in [5.74, 6) is -1.01. The van der Waals surface area contributed by atoms with Crippen LogP contribution in [0.25, 0.3) is 0 Å². The summed E-state index contributed by atoms with van der Waals surface area (Å²) in [4.78, 5) is 39.4. The highest BCUT2D eigenvalue weighted by Gasteiger charge is 2.79. The standard InChI is InChI=1S/C28H34O6/c1-15-14-22(33-23(30)16(15)2)26(4)20-11-13-28(32)19-9-8-17-6-5-7-21(29)25(17,3)18(19)10-12-27(20,28)24(31)34-26/h5,7-8,18-20,22,32H,6,9-14H2,1-4H3/t18-,19+,20-,22+,25-,26+,27-,28+/m0/s1. The van der Waals surface area contributed by atoms with Crippen molar-refractivity contribution < 1.29 is 29.0 Å². The van der Waals surface area contributed by atoms with Gasteiger partial charge in [-0.1, -0.05) is 23.3 Å². The Labute approximate surface area is 200 Å². The van der Waals surface area contributed by atoms with Crippen molar-refractivity contribution in [3.8, 4) is 0 Å². The number of carbonyl (C=O) groups excluding carboxylic acids is 3. The average molecular weight is 467 g/mol. The molecular formula is C28H34O6. The van der Waals surface area contributed by atoms with Gasteiger partial charge in [0, 0.05) is 17.9 Å². The molecule has 6 rings (SSSR count). The summed E-state index contributed by atoms with van der Waals surface area (Å²) in [7, 11) is 0. The van der Waals surface area contributed by atoms with E-state index in [1.165, 1.54) is 0 Å². The number of aliphatic hydroxyl groups is 1. The summed E-state index contributed by atoms with van der Waals surface area (Å²) in [6.07, 6.45) is 9.53. The summed E-state index contributed by atoms with van der Waals surface area (Å²) in [5, 5.41) is 12.4. The number of ether oxygens (including phenoxy) is 2. The second-order valence-corrected chi connectivity index (χ2v) is 12.0. The lowest BCUT2D eigenvalue weighted by Crippen LogP contribution is -2.64. The fourth-order valence-corrected chi connectivity index (χ4v) is 8.86. The van der Waals surface area contributed by atoms with Crippen LogP contribution in [0.5, 0.6) is 0 Å². The SMILES string of the molecule is CC1=C(C)C(=O)O[C@@H]([C@]2(C)OC(=O)[C@@]34CC[C@H]5[C@@H](CC=C6CC=CC(=O)[C@@]65C)[C@]3(O)CC[C@@H]24)C1. The smallest absolute Gasteiger partial charge is 0.334 e. The summed E-state index contributed by atoms with van der Waals surface area (Å²) in [6, 6.07) is 0. The molecule has 1 spiro atoms. The second-order valence-electron chi connectivity index (χ2n) is 12.0. The number of hydrogen-bond donors (Lipinski definition) is 1. The number of carbonyl (C=O) groups is 3. The Hall–Kier alpha value is -2.21. The number of rotatable bonds is 1. The Morgan fingerprint density at radius 2 is 1.82 bits per heavy atom. The van der Waals surface area contributed by atoms with Crippen LogP contribution in [-0.4, -0.2) is 40.1 Å². The van der Waals surface area contributed by atoms with Gasteiger partial charge in [-0.3, -0.25) is 9.59 Å². The number of fused-ring (bicyclic) bond motifs is 4. The Kier molecular flexibility index (Phi) is 4.40. The zero-order valence-corrected chi connectivity index (χ0v) is 20.5. The third-order valence-corrected chi connectivity index (χ3v) is 11.0. The predicted molar refractivity (Wildman–Crippen MR) is 123 cm³/mol. The first-order valence-corrected chi connectivity index (χ1v) is 12.7. The normalized spacial score (nSPS) is 49.6. The Bertz CT molecular complexity index is 1110. The molecule has 2 saturated carbocycles. The third-order valence-electron chi connectivity index (χ3n) is 11.0. The van der Waals surface area contributed by atoms with Crippen LogP contribution in [-0.2, 0) is 23.9 Å². The molecule has 8 atom stereocenters. The van der Waals surface area contributed by atoms with E-state index in [-0.39, 0.29) is 35.5 Å². The van der Waals surface area contributed by atoms with Gasteiger partial charge in [0.1, 0.15) is 11.5 Å². The summed E-state index contributed by atoms with van der Waals surface area (Å²) < 4.78 is 12.0. The van der Waals surface area contributed by atoms with Crippen molar-refractivity contribution >= 4 is 17.7 Å². The Balaban J connectivity index is 1.40. The molecule has 6 aliphatic rings. The maximum atomic E-state index is 13.8. The number of cyclic esters (lactones) is 2. The van der Waals surface area contributed by atoms with Crippen LogP contribution in [0.15, 0.2) is 34.9 Å². The molecule has 4 aliphatic carbocycles. The van der Waals surface area contributed by atoms with Crippen LogP contribution in [0.1, 0.15) is 72.6 Å². The van der Waals surface area contributed by atoms with E-state index in [2.05, 4.69) is 6.08 Å². The number of ketones is 1. The van der Waals surface area contributed by atoms with Gasteiger partial charge in [-0.05, 0) is 84.1 Å². The first-order valence-electron chi connectivity index (χ1n) is 12.7. The van der Waals surface area contributed by atoms with E-state index in [0.717, 1.165) is 17.6 Å². The first-order chi connectivity index (χ1) is 16.0. The predicted octanol–water partition coefficient (Wildman–Crippen LogP) is 3.97. The van der Waals surface area contributed by atoms with Gasteiger partial charge in [0.25, 0.3) is 0 Å². The first kappa shape index (κ1) is 22.3. The van der Waals surface area contributed by atoms with Crippen LogP contribution in [0.4, 0.5) is 0 Å². The van der Waals surface area contributed by atoms with Gasteiger partial charge >= 0.3 is 11.9 Å². The van der Waals surface area contributed by atoms with Crippen LogP contribution in [0.3, 0.4) is 0 Å². The minimum Gasteiger partial charge on any atom is -0.455 e. The molecule has 3 fully saturated rings. The average Bonchev–Trinajstić information content (AvgIpc) is 3.23. The molecule has 0 amide bonds. The fraction of sp³-hybridized carbons (Fsp3) is 0.679. The fourth-order valence-electron chi connectivity index (χ4n) is 8.86. The van der Waals surface area contributed by atoms with Crippen LogP contribution >= 0.6 is 0 Å². The Morgan fingerprint density at radius 1 is 1.06 bits per heavy atom. The van der Waals surface area contributed by atoms with Gasteiger partial charge in [0.05, 0.1) is 11.0 Å². The molecule has 0 bridgehead atoms. The highest BCUT2D eigenvalue weighted by molar-refractivity contribution is 5.99.